The lowest BCUT2D eigenvalue weighted by Gasteiger charge is -2.05. The van der Waals surface area contributed by atoms with Gasteiger partial charge in [0, 0.05) is 18.3 Å². The van der Waals surface area contributed by atoms with Crippen LogP contribution in [0.3, 0.4) is 0 Å². The van der Waals surface area contributed by atoms with Crippen LogP contribution in [0.25, 0.3) is 0 Å². The summed E-state index contributed by atoms with van der Waals surface area (Å²) in [5.41, 5.74) is 0.996. The second-order valence-corrected chi connectivity index (χ2v) is 3.18. The Hall–Kier alpha value is -1.18. The highest BCUT2D eigenvalue weighted by Crippen LogP contribution is 2.15. The van der Waals surface area contributed by atoms with Crippen molar-refractivity contribution in [2.75, 3.05) is 11.9 Å². The number of nitrogens with one attached hydrogen (secondary N) is 1. The van der Waals surface area contributed by atoms with Gasteiger partial charge >= 0.3 is 0 Å². The Balaban J connectivity index is 2.28. The minimum absolute atomic E-state index is 0.320. The Morgan fingerprint density at radius 1 is 1.31 bits per heavy atom. The summed E-state index contributed by atoms with van der Waals surface area (Å²) in [6.45, 7) is 3.17. The number of phenols is 1. The summed E-state index contributed by atoms with van der Waals surface area (Å²) < 4.78 is 0. The fourth-order valence-corrected chi connectivity index (χ4v) is 1.22. The van der Waals surface area contributed by atoms with E-state index < -0.39 is 0 Å². The summed E-state index contributed by atoms with van der Waals surface area (Å²) in [5.74, 6) is 0.320. The summed E-state index contributed by atoms with van der Waals surface area (Å²) in [5, 5.41) is 12.4. The Labute approximate surface area is 79.6 Å². The summed E-state index contributed by atoms with van der Waals surface area (Å²) in [7, 11) is 0. The van der Waals surface area contributed by atoms with Gasteiger partial charge in [0.15, 0.2) is 0 Å². The second kappa shape index (κ2) is 5.46. The molecular weight excluding hydrogens is 162 g/mol. The molecule has 0 bridgehead atoms. The first-order chi connectivity index (χ1) is 6.33. The first-order valence-electron chi connectivity index (χ1n) is 4.86. The lowest BCUT2D eigenvalue weighted by atomic mass is 10.2. The van der Waals surface area contributed by atoms with Crippen molar-refractivity contribution in [2.45, 2.75) is 26.2 Å². The molecule has 0 saturated carbocycles. The molecule has 0 spiro atoms. The first-order valence-corrected chi connectivity index (χ1v) is 4.86. The van der Waals surface area contributed by atoms with Crippen LogP contribution in [-0.4, -0.2) is 11.7 Å². The lowest BCUT2D eigenvalue weighted by Crippen LogP contribution is -2.00. The van der Waals surface area contributed by atoms with E-state index in [1.165, 1.54) is 19.3 Å². The fourth-order valence-electron chi connectivity index (χ4n) is 1.22. The van der Waals surface area contributed by atoms with Crippen molar-refractivity contribution in [1.82, 2.24) is 0 Å². The van der Waals surface area contributed by atoms with Gasteiger partial charge in [-0.15, -0.1) is 0 Å². The average molecular weight is 179 g/mol. The molecule has 0 atom stereocenters. The highest BCUT2D eigenvalue weighted by atomic mass is 16.3. The van der Waals surface area contributed by atoms with Crippen LogP contribution in [-0.2, 0) is 0 Å². The number of rotatable bonds is 5. The normalized spacial score (nSPS) is 9.92. The van der Waals surface area contributed by atoms with Crippen molar-refractivity contribution in [3.05, 3.63) is 24.3 Å². The average Bonchev–Trinajstić information content (AvgIpc) is 2.13. The highest BCUT2D eigenvalue weighted by Gasteiger charge is 1.92. The molecule has 0 amide bonds. The van der Waals surface area contributed by atoms with Crippen molar-refractivity contribution in [3.8, 4) is 5.75 Å². The van der Waals surface area contributed by atoms with Gasteiger partial charge in [-0.2, -0.15) is 0 Å². The van der Waals surface area contributed by atoms with Crippen LogP contribution < -0.4 is 5.32 Å². The van der Waals surface area contributed by atoms with Crippen LogP contribution in [0.1, 0.15) is 26.2 Å². The molecule has 0 heterocycles. The lowest BCUT2D eigenvalue weighted by molar-refractivity contribution is 0.475. The van der Waals surface area contributed by atoms with Crippen LogP contribution in [0.4, 0.5) is 5.69 Å². The highest BCUT2D eigenvalue weighted by molar-refractivity contribution is 5.47. The van der Waals surface area contributed by atoms with Gasteiger partial charge in [0.25, 0.3) is 0 Å². The maximum Gasteiger partial charge on any atom is 0.117 e. The van der Waals surface area contributed by atoms with Crippen molar-refractivity contribution in [2.24, 2.45) is 0 Å². The molecule has 2 nitrogen and oxygen atoms in total. The Morgan fingerprint density at radius 2 is 2.15 bits per heavy atom. The van der Waals surface area contributed by atoms with Crippen molar-refractivity contribution < 1.29 is 5.11 Å². The van der Waals surface area contributed by atoms with Gasteiger partial charge < -0.3 is 10.4 Å². The molecule has 0 aliphatic rings. The third-order valence-electron chi connectivity index (χ3n) is 1.96. The zero-order valence-corrected chi connectivity index (χ0v) is 8.09. The minimum atomic E-state index is 0.320. The maximum atomic E-state index is 9.18. The SMILES string of the molecule is CCCCCNc1cccc(O)c1. The van der Waals surface area contributed by atoms with E-state index >= 15 is 0 Å². The maximum absolute atomic E-state index is 9.18. The Kier molecular flexibility index (Phi) is 4.16. The van der Waals surface area contributed by atoms with Crippen LogP contribution >= 0.6 is 0 Å². The van der Waals surface area contributed by atoms with E-state index in [1.54, 1.807) is 12.1 Å². The van der Waals surface area contributed by atoms with Crippen molar-refractivity contribution >= 4 is 5.69 Å². The predicted octanol–water partition coefficient (Wildman–Crippen LogP) is 2.99. The molecule has 0 aliphatic carbocycles. The molecule has 0 radical (unpaired) electrons. The smallest absolute Gasteiger partial charge is 0.117 e. The second-order valence-electron chi connectivity index (χ2n) is 3.18. The summed E-state index contributed by atoms with van der Waals surface area (Å²) in [6.07, 6.45) is 3.68. The fraction of sp³-hybridized carbons (Fsp3) is 0.455. The number of aromatic hydroxyl groups is 1. The largest absolute Gasteiger partial charge is 0.508 e. The quantitative estimate of drug-likeness (QED) is 0.681. The molecule has 0 aliphatic heterocycles. The molecule has 1 aromatic rings. The zero-order valence-electron chi connectivity index (χ0n) is 8.09. The summed E-state index contributed by atoms with van der Waals surface area (Å²) in [6, 6.07) is 7.23. The van der Waals surface area contributed by atoms with Gasteiger partial charge in [-0.1, -0.05) is 25.8 Å². The van der Waals surface area contributed by atoms with Crippen molar-refractivity contribution in [3.63, 3.8) is 0 Å². The van der Waals surface area contributed by atoms with Crippen LogP contribution in [0.15, 0.2) is 24.3 Å². The summed E-state index contributed by atoms with van der Waals surface area (Å²) >= 11 is 0. The van der Waals surface area contributed by atoms with Crippen LogP contribution in [0, 0.1) is 0 Å². The van der Waals surface area contributed by atoms with E-state index in [0.29, 0.717) is 5.75 Å². The van der Waals surface area contributed by atoms with Crippen LogP contribution in [0.2, 0.25) is 0 Å². The summed E-state index contributed by atoms with van der Waals surface area (Å²) in [4.78, 5) is 0. The van der Waals surface area contributed by atoms with Gasteiger partial charge in [0.05, 0.1) is 0 Å². The molecule has 2 heteroatoms. The minimum Gasteiger partial charge on any atom is -0.508 e. The van der Waals surface area contributed by atoms with E-state index in [-0.39, 0.29) is 0 Å². The van der Waals surface area contributed by atoms with Gasteiger partial charge in [-0.25, -0.2) is 0 Å². The van der Waals surface area contributed by atoms with E-state index in [2.05, 4.69) is 12.2 Å². The van der Waals surface area contributed by atoms with Gasteiger partial charge in [-0.3, -0.25) is 0 Å². The van der Waals surface area contributed by atoms with Gasteiger partial charge in [-0.05, 0) is 18.6 Å². The molecule has 0 saturated heterocycles. The standard InChI is InChI=1S/C11H17NO/c1-2-3-4-8-12-10-6-5-7-11(13)9-10/h5-7,9,12-13H,2-4,8H2,1H3. The van der Waals surface area contributed by atoms with Gasteiger partial charge in [0.2, 0.25) is 0 Å². The number of unbranched alkanes of at least 4 members (excludes halogenated alkanes) is 2. The third-order valence-corrected chi connectivity index (χ3v) is 1.96. The van der Waals surface area contributed by atoms with Crippen LogP contribution in [0.5, 0.6) is 5.75 Å². The molecule has 1 aromatic carbocycles. The van der Waals surface area contributed by atoms with Gasteiger partial charge in [0.1, 0.15) is 5.75 Å². The third kappa shape index (κ3) is 3.83. The van der Waals surface area contributed by atoms with E-state index in [1.807, 2.05) is 12.1 Å². The number of hydrogen-bond donors (Lipinski definition) is 2. The topological polar surface area (TPSA) is 32.3 Å². The van der Waals surface area contributed by atoms with E-state index in [0.717, 1.165) is 12.2 Å². The molecule has 1 rings (SSSR count). The molecule has 72 valence electrons. The molecular formula is C11H17NO. The first kappa shape index (κ1) is 9.90. The Morgan fingerprint density at radius 3 is 2.85 bits per heavy atom. The molecule has 0 unspecified atom stereocenters. The van der Waals surface area contributed by atoms with E-state index in [4.69, 9.17) is 0 Å². The van der Waals surface area contributed by atoms with Crippen molar-refractivity contribution in [1.29, 1.82) is 0 Å². The zero-order chi connectivity index (χ0) is 9.52. The molecule has 2 N–H and O–H groups in total. The number of benzene rings is 1. The number of hydrogen-bond acceptors (Lipinski definition) is 2. The monoisotopic (exact) mass is 179 g/mol. The molecule has 13 heavy (non-hydrogen) atoms. The molecule has 0 aromatic heterocycles. The Bertz CT molecular complexity index is 248. The van der Waals surface area contributed by atoms with E-state index in [9.17, 15) is 5.11 Å². The molecule has 0 fully saturated rings. The number of anilines is 1. The predicted molar refractivity (Wildman–Crippen MR) is 56.1 cm³/mol. The number of phenolic OH excluding ortho intramolecular Hbond substituents is 1.